The average Bonchev–Trinajstić information content (AvgIpc) is 2.48. The third-order valence-electron chi connectivity index (χ3n) is 3.42. The van der Waals surface area contributed by atoms with Crippen molar-refractivity contribution in [2.24, 2.45) is 0 Å². The van der Waals surface area contributed by atoms with E-state index >= 15 is 0 Å². The van der Waals surface area contributed by atoms with Crippen LogP contribution in [0.1, 0.15) is 16.7 Å². The quantitative estimate of drug-likeness (QED) is 0.648. The number of benzene rings is 2. The van der Waals surface area contributed by atoms with Crippen molar-refractivity contribution in [2.45, 2.75) is 20.8 Å². The van der Waals surface area contributed by atoms with E-state index in [1.807, 2.05) is 19.9 Å². The zero-order chi connectivity index (χ0) is 17.9. The summed E-state index contributed by atoms with van der Waals surface area (Å²) in [5.41, 5.74) is 2.93. The summed E-state index contributed by atoms with van der Waals surface area (Å²) >= 11 is 6.13. The van der Waals surface area contributed by atoms with E-state index < -0.39 is 4.92 Å². The van der Waals surface area contributed by atoms with Crippen LogP contribution in [0.25, 0.3) is 0 Å². The van der Waals surface area contributed by atoms with Crippen LogP contribution in [0.3, 0.4) is 0 Å². The van der Waals surface area contributed by atoms with E-state index in [0.29, 0.717) is 22.0 Å². The molecule has 7 heteroatoms. The number of carbonyl (C=O) groups is 1. The molecule has 0 bridgehead atoms. The van der Waals surface area contributed by atoms with Gasteiger partial charge in [0.25, 0.3) is 11.6 Å². The van der Waals surface area contributed by atoms with Crippen molar-refractivity contribution in [1.29, 1.82) is 0 Å². The number of non-ortho nitro benzene ring substituents is 1. The summed E-state index contributed by atoms with van der Waals surface area (Å²) in [6, 6.07) is 7.92. The molecule has 6 nitrogen and oxygen atoms in total. The molecule has 0 aliphatic carbocycles. The number of nitrogens with zero attached hydrogens (tertiary/aromatic N) is 1. The number of halogens is 1. The van der Waals surface area contributed by atoms with Crippen molar-refractivity contribution in [3.63, 3.8) is 0 Å². The van der Waals surface area contributed by atoms with Crippen molar-refractivity contribution in [1.82, 2.24) is 0 Å². The van der Waals surface area contributed by atoms with Crippen LogP contribution < -0.4 is 10.1 Å². The molecule has 1 amide bonds. The molecule has 126 valence electrons. The van der Waals surface area contributed by atoms with Gasteiger partial charge in [0.1, 0.15) is 5.75 Å². The van der Waals surface area contributed by atoms with Gasteiger partial charge in [-0.3, -0.25) is 14.9 Å². The molecule has 2 rings (SSSR count). The molecular weight excluding hydrogens is 332 g/mol. The number of anilines is 1. The Balaban J connectivity index is 2.03. The Kier molecular flexibility index (Phi) is 5.41. The van der Waals surface area contributed by atoms with Crippen molar-refractivity contribution in [3.8, 4) is 5.75 Å². The summed E-state index contributed by atoms with van der Waals surface area (Å²) in [4.78, 5) is 22.3. The van der Waals surface area contributed by atoms with Crippen LogP contribution in [-0.4, -0.2) is 17.4 Å². The Morgan fingerprint density at radius 1 is 1.21 bits per heavy atom. The molecule has 0 aromatic heterocycles. The molecule has 0 heterocycles. The molecule has 24 heavy (non-hydrogen) atoms. The molecule has 0 aliphatic heterocycles. The first kappa shape index (κ1) is 17.7. The first-order valence-corrected chi connectivity index (χ1v) is 7.60. The van der Waals surface area contributed by atoms with Gasteiger partial charge in [0, 0.05) is 17.8 Å². The van der Waals surface area contributed by atoms with Crippen molar-refractivity contribution in [3.05, 3.63) is 62.2 Å². The highest BCUT2D eigenvalue weighted by Gasteiger charge is 2.12. The van der Waals surface area contributed by atoms with E-state index in [-0.39, 0.29) is 18.2 Å². The average molecular weight is 349 g/mol. The largest absolute Gasteiger partial charge is 0.482 e. The number of aryl methyl sites for hydroxylation is 3. The van der Waals surface area contributed by atoms with Gasteiger partial charge in [-0.1, -0.05) is 17.7 Å². The molecule has 0 radical (unpaired) electrons. The lowest BCUT2D eigenvalue weighted by Crippen LogP contribution is -2.21. The Morgan fingerprint density at radius 3 is 2.50 bits per heavy atom. The second-order valence-electron chi connectivity index (χ2n) is 5.49. The Bertz CT molecular complexity index is 782. The molecule has 0 fully saturated rings. The minimum absolute atomic E-state index is 0.0242. The van der Waals surface area contributed by atoms with Crippen molar-refractivity contribution >= 4 is 28.9 Å². The smallest absolute Gasteiger partial charge is 0.269 e. The summed E-state index contributed by atoms with van der Waals surface area (Å²) in [6.45, 7) is 5.25. The molecule has 0 spiro atoms. The third kappa shape index (κ3) is 4.23. The number of ether oxygens (including phenoxy) is 1. The number of nitro benzene ring substituents is 1. The van der Waals surface area contributed by atoms with Crippen LogP contribution in [0.4, 0.5) is 11.4 Å². The number of nitrogens with one attached hydrogen (secondary N) is 1. The normalized spacial score (nSPS) is 10.3. The molecular formula is C17H17ClN2O4. The topological polar surface area (TPSA) is 81.5 Å². The summed E-state index contributed by atoms with van der Waals surface area (Å²) in [6.07, 6.45) is 0. The number of carbonyl (C=O) groups excluding carboxylic acids is 1. The van der Waals surface area contributed by atoms with Gasteiger partial charge in [0.2, 0.25) is 0 Å². The summed E-state index contributed by atoms with van der Waals surface area (Å²) in [7, 11) is 0. The lowest BCUT2D eigenvalue weighted by Gasteiger charge is -2.13. The van der Waals surface area contributed by atoms with Gasteiger partial charge in [-0.05, 0) is 49.6 Å². The van der Waals surface area contributed by atoms with Crippen LogP contribution in [0.2, 0.25) is 5.02 Å². The molecule has 2 aromatic carbocycles. The maximum Gasteiger partial charge on any atom is 0.269 e. The Labute approximate surface area is 144 Å². The molecule has 0 saturated heterocycles. The van der Waals surface area contributed by atoms with E-state index in [1.54, 1.807) is 13.0 Å². The summed E-state index contributed by atoms with van der Waals surface area (Å²) in [5, 5.41) is 13.8. The lowest BCUT2D eigenvalue weighted by atomic mass is 10.1. The zero-order valence-electron chi connectivity index (χ0n) is 13.6. The number of amides is 1. The Morgan fingerprint density at radius 2 is 1.92 bits per heavy atom. The van der Waals surface area contributed by atoms with E-state index in [2.05, 4.69) is 5.32 Å². The van der Waals surface area contributed by atoms with Crippen molar-refractivity contribution in [2.75, 3.05) is 11.9 Å². The van der Waals surface area contributed by atoms with E-state index in [4.69, 9.17) is 16.3 Å². The maximum atomic E-state index is 12.0. The Hall–Kier alpha value is -2.60. The van der Waals surface area contributed by atoms with Gasteiger partial charge in [-0.25, -0.2) is 0 Å². The van der Waals surface area contributed by atoms with Gasteiger partial charge in [-0.2, -0.15) is 0 Å². The standard InChI is InChI=1S/C17H17ClN2O4/c1-10-6-12(3)17(14(18)7-10)24-9-16(21)19-15-5-4-13(20(22)23)8-11(15)2/h4-8H,9H2,1-3H3,(H,19,21). The molecule has 2 aromatic rings. The van der Waals surface area contributed by atoms with Gasteiger partial charge in [0.15, 0.2) is 6.61 Å². The zero-order valence-corrected chi connectivity index (χ0v) is 14.3. The summed E-state index contributed by atoms with van der Waals surface area (Å²) in [5.74, 6) is 0.0980. The highest BCUT2D eigenvalue weighted by molar-refractivity contribution is 6.32. The first-order chi connectivity index (χ1) is 11.3. The number of nitro groups is 1. The predicted molar refractivity (Wildman–Crippen MR) is 92.9 cm³/mol. The molecule has 0 saturated carbocycles. The first-order valence-electron chi connectivity index (χ1n) is 7.22. The van der Waals surface area contributed by atoms with Crippen molar-refractivity contribution < 1.29 is 14.5 Å². The molecule has 1 N–H and O–H groups in total. The van der Waals surface area contributed by atoms with E-state index in [1.165, 1.54) is 18.2 Å². The fourth-order valence-corrected chi connectivity index (χ4v) is 2.69. The lowest BCUT2D eigenvalue weighted by molar-refractivity contribution is -0.384. The summed E-state index contributed by atoms with van der Waals surface area (Å²) < 4.78 is 5.51. The predicted octanol–water partition coefficient (Wildman–Crippen LogP) is 4.19. The minimum Gasteiger partial charge on any atom is -0.482 e. The van der Waals surface area contributed by atoms with Gasteiger partial charge >= 0.3 is 0 Å². The van der Waals surface area contributed by atoms with Crippen LogP contribution in [0.15, 0.2) is 30.3 Å². The van der Waals surface area contributed by atoms with Crippen LogP contribution in [-0.2, 0) is 4.79 Å². The number of hydrogen-bond donors (Lipinski definition) is 1. The van der Waals surface area contributed by atoms with Crippen LogP contribution in [0.5, 0.6) is 5.75 Å². The maximum absolute atomic E-state index is 12.0. The van der Waals surface area contributed by atoms with E-state index in [9.17, 15) is 14.9 Å². The SMILES string of the molecule is Cc1cc(C)c(OCC(=O)Nc2ccc([N+](=O)[O-])cc2C)c(Cl)c1. The van der Waals surface area contributed by atoms with Gasteiger partial charge in [0.05, 0.1) is 9.95 Å². The van der Waals surface area contributed by atoms with Crippen LogP contribution >= 0.6 is 11.6 Å². The monoisotopic (exact) mass is 348 g/mol. The highest BCUT2D eigenvalue weighted by atomic mass is 35.5. The van der Waals surface area contributed by atoms with E-state index in [0.717, 1.165) is 11.1 Å². The fraction of sp³-hybridized carbons (Fsp3) is 0.235. The third-order valence-corrected chi connectivity index (χ3v) is 3.70. The second-order valence-corrected chi connectivity index (χ2v) is 5.89. The van der Waals surface area contributed by atoms with Gasteiger partial charge < -0.3 is 10.1 Å². The molecule has 0 unspecified atom stereocenters. The fourth-order valence-electron chi connectivity index (χ4n) is 2.31. The van der Waals surface area contributed by atoms with Gasteiger partial charge in [-0.15, -0.1) is 0 Å². The molecule has 0 aliphatic rings. The van der Waals surface area contributed by atoms with Crippen LogP contribution in [0, 0.1) is 30.9 Å². The second kappa shape index (κ2) is 7.31. The number of hydrogen-bond acceptors (Lipinski definition) is 4. The molecule has 0 atom stereocenters. The minimum atomic E-state index is -0.482. The number of rotatable bonds is 5. The highest BCUT2D eigenvalue weighted by Crippen LogP contribution is 2.29.